The number of nitro benzene ring substituents is 2. The Kier molecular flexibility index (Phi) is 6.98. The second-order valence-electron chi connectivity index (χ2n) is 6.98. The lowest BCUT2D eigenvalue weighted by atomic mass is 9.89. The highest BCUT2D eigenvalue weighted by Crippen LogP contribution is 2.40. The summed E-state index contributed by atoms with van der Waals surface area (Å²) in [5.74, 6) is 0.442. The highest BCUT2D eigenvalue weighted by Gasteiger charge is 2.20. The second-order valence-corrected chi connectivity index (χ2v) is 6.98. The van der Waals surface area contributed by atoms with Crippen LogP contribution in [0.15, 0.2) is 40.6 Å². The lowest BCUT2D eigenvalue weighted by molar-refractivity contribution is -0.393. The number of phenols is 1. The number of nitro groups is 2. The molecule has 0 bridgehead atoms. The lowest BCUT2D eigenvalue weighted by Gasteiger charge is -2.18. The van der Waals surface area contributed by atoms with E-state index in [2.05, 4.69) is 10.2 Å². The van der Waals surface area contributed by atoms with Crippen molar-refractivity contribution in [2.45, 2.75) is 52.4 Å². The molecule has 1 N–H and O–H groups in total. The van der Waals surface area contributed by atoms with Crippen molar-refractivity contribution in [1.82, 2.24) is 0 Å². The van der Waals surface area contributed by atoms with Crippen LogP contribution in [0.25, 0.3) is 0 Å². The Labute approximate surface area is 168 Å². The number of hydrogen-bond donors (Lipinski definition) is 1. The average molecular weight is 400 g/mol. The molecule has 29 heavy (non-hydrogen) atoms. The maximum absolute atomic E-state index is 11.3. The minimum absolute atomic E-state index is 0.0798. The second kappa shape index (κ2) is 9.22. The third-order valence-corrected chi connectivity index (χ3v) is 5.08. The number of aromatic hydroxyl groups is 1. The van der Waals surface area contributed by atoms with Gasteiger partial charge in [0.05, 0.1) is 21.6 Å². The number of nitrogens with zero attached hydrogens (tertiary/aromatic N) is 4. The van der Waals surface area contributed by atoms with E-state index < -0.39 is 21.2 Å². The fourth-order valence-corrected chi connectivity index (χ4v) is 2.88. The lowest BCUT2D eigenvalue weighted by Crippen LogP contribution is -1.98. The van der Waals surface area contributed by atoms with Gasteiger partial charge in [-0.2, -0.15) is 5.11 Å². The SMILES string of the molecule is CCC(C)c1cc(/N=N/c2ccc([N+](=O)[O-])cc2[N+](=O)[O-])cc(C(C)CC)c1O. The summed E-state index contributed by atoms with van der Waals surface area (Å²) in [7, 11) is 0. The van der Waals surface area contributed by atoms with E-state index >= 15 is 0 Å². The molecule has 0 aliphatic rings. The molecule has 0 radical (unpaired) electrons. The van der Waals surface area contributed by atoms with Crippen LogP contribution in [0.3, 0.4) is 0 Å². The third kappa shape index (κ3) is 4.92. The van der Waals surface area contributed by atoms with E-state index in [9.17, 15) is 25.3 Å². The van der Waals surface area contributed by atoms with Gasteiger partial charge in [0.1, 0.15) is 5.75 Å². The zero-order valence-corrected chi connectivity index (χ0v) is 16.8. The van der Waals surface area contributed by atoms with Gasteiger partial charge in [-0.15, -0.1) is 5.11 Å². The summed E-state index contributed by atoms with van der Waals surface area (Å²) in [6.45, 7) is 8.03. The van der Waals surface area contributed by atoms with Crippen LogP contribution >= 0.6 is 0 Å². The number of hydrogen-bond acceptors (Lipinski definition) is 7. The molecule has 2 aromatic rings. The molecule has 154 valence electrons. The Balaban J connectivity index is 2.54. The van der Waals surface area contributed by atoms with Crippen LogP contribution in [0.1, 0.15) is 63.5 Å². The van der Waals surface area contributed by atoms with Crippen molar-refractivity contribution in [1.29, 1.82) is 0 Å². The van der Waals surface area contributed by atoms with Gasteiger partial charge >= 0.3 is 5.69 Å². The molecule has 0 spiro atoms. The van der Waals surface area contributed by atoms with Crippen molar-refractivity contribution in [3.05, 3.63) is 61.7 Å². The monoisotopic (exact) mass is 400 g/mol. The largest absolute Gasteiger partial charge is 0.507 e. The Morgan fingerprint density at radius 1 is 0.931 bits per heavy atom. The standard InChI is InChI=1S/C20H24N4O5/c1-5-12(3)16-9-14(10-17(20(16)25)13(4)6-2)21-22-18-8-7-15(23(26)27)11-19(18)24(28)29/h7-13,25H,5-6H2,1-4H3/b22-21+. The Hall–Kier alpha value is -3.36. The molecule has 0 aliphatic heterocycles. The zero-order chi connectivity index (χ0) is 21.7. The van der Waals surface area contributed by atoms with E-state index in [0.29, 0.717) is 5.69 Å². The summed E-state index contributed by atoms with van der Waals surface area (Å²) in [4.78, 5) is 20.7. The van der Waals surface area contributed by atoms with E-state index in [1.165, 1.54) is 6.07 Å². The molecule has 2 aromatic carbocycles. The van der Waals surface area contributed by atoms with Gasteiger partial charge in [-0.3, -0.25) is 20.2 Å². The van der Waals surface area contributed by atoms with Crippen molar-refractivity contribution >= 4 is 22.7 Å². The normalized spacial score (nSPS) is 13.4. The van der Waals surface area contributed by atoms with E-state index in [-0.39, 0.29) is 23.3 Å². The van der Waals surface area contributed by atoms with Gasteiger partial charge in [-0.05, 0) is 54.0 Å². The number of benzene rings is 2. The van der Waals surface area contributed by atoms with E-state index in [1.54, 1.807) is 12.1 Å². The fourth-order valence-electron chi connectivity index (χ4n) is 2.88. The predicted molar refractivity (Wildman–Crippen MR) is 109 cm³/mol. The Bertz CT molecular complexity index is 927. The van der Waals surface area contributed by atoms with Gasteiger partial charge in [0.25, 0.3) is 5.69 Å². The minimum Gasteiger partial charge on any atom is -0.507 e. The molecule has 0 heterocycles. The van der Waals surface area contributed by atoms with Crippen LogP contribution in [-0.2, 0) is 0 Å². The predicted octanol–water partition coefficient (Wildman–Crippen LogP) is 6.65. The summed E-state index contributed by atoms with van der Waals surface area (Å²) in [6, 6.07) is 6.64. The maximum atomic E-state index is 11.3. The molecule has 0 saturated carbocycles. The first-order valence-electron chi connectivity index (χ1n) is 9.40. The first kappa shape index (κ1) is 21.9. The van der Waals surface area contributed by atoms with Crippen LogP contribution in [0.4, 0.5) is 22.7 Å². The van der Waals surface area contributed by atoms with Crippen molar-refractivity contribution < 1.29 is 15.0 Å². The quantitative estimate of drug-likeness (QED) is 0.301. The summed E-state index contributed by atoms with van der Waals surface area (Å²) >= 11 is 0. The summed E-state index contributed by atoms with van der Waals surface area (Å²) in [5, 5.41) is 40.9. The van der Waals surface area contributed by atoms with E-state index in [1.807, 2.05) is 27.7 Å². The first-order valence-corrected chi connectivity index (χ1v) is 9.40. The minimum atomic E-state index is -0.729. The van der Waals surface area contributed by atoms with Crippen molar-refractivity contribution in [2.24, 2.45) is 10.2 Å². The van der Waals surface area contributed by atoms with Crippen LogP contribution in [-0.4, -0.2) is 15.0 Å². The molecular formula is C20H24N4O5. The molecule has 0 saturated heterocycles. The summed E-state index contributed by atoms with van der Waals surface area (Å²) in [5.41, 5.74) is 0.990. The Morgan fingerprint density at radius 3 is 1.93 bits per heavy atom. The van der Waals surface area contributed by atoms with Crippen molar-refractivity contribution in [3.8, 4) is 5.75 Å². The smallest absolute Gasteiger partial charge is 0.303 e. The number of rotatable bonds is 8. The number of phenolic OH excluding ortho intramolecular Hbond substituents is 1. The summed E-state index contributed by atoms with van der Waals surface area (Å²) in [6.07, 6.45) is 1.64. The van der Waals surface area contributed by atoms with Crippen LogP contribution in [0, 0.1) is 20.2 Å². The van der Waals surface area contributed by atoms with E-state index in [0.717, 1.165) is 36.1 Å². The first-order chi connectivity index (χ1) is 13.7. The molecule has 0 aliphatic carbocycles. The van der Waals surface area contributed by atoms with Gasteiger partial charge < -0.3 is 5.11 Å². The van der Waals surface area contributed by atoms with Gasteiger partial charge in [0.15, 0.2) is 5.69 Å². The number of azo groups is 1. The Morgan fingerprint density at radius 2 is 1.48 bits per heavy atom. The maximum Gasteiger partial charge on any atom is 0.303 e. The van der Waals surface area contributed by atoms with Crippen LogP contribution in [0.2, 0.25) is 0 Å². The molecule has 9 heteroatoms. The molecule has 0 aromatic heterocycles. The fraction of sp³-hybridized carbons (Fsp3) is 0.400. The van der Waals surface area contributed by atoms with Gasteiger partial charge in [0.2, 0.25) is 0 Å². The molecule has 0 amide bonds. The molecular weight excluding hydrogens is 376 g/mol. The van der Waals surface area contributed by atoms with Gasteiger partial charge in [-0.1, -0.05) is 27.7 Å². The van der Waals surface area contributed by atoms with Crippen LogP contribution < -0.4 is 0 Å². The highest BCUT2D eigenvalue weighted by molar-refractivity contribution is 5.62. The van der Waals surface area contributed by atoms with Gasteiger partial charge in [0, 0.05) is 6.07 Å². The van der Waals surface area contributed by atoms with E-state index in [4.69, 9.17) is 0 Å². The topological polar surface area (TPSA) is 131 Å². The zero-order valence-electron chi connectivity index (χ0n) is 16.8. The molecule has 9 nitrogen and oxygen atoms in total. The molecule has 0 fully saturated rings. The average Bonchev–Trinajstić information content (AvgIpc) is 2.71. The van der Waals surface area contributed by atoms with Crippen molar-refractivity contribution in [3.63, 3.8) is 0 Å². The molecule has 2 atom stereocenters. The third-order valence-electron chi connectivity index (χ3n) is 5.08. The summed E-state index contributed by atoms with van der Waals surface area (Å²) < 4.78 is 0. The molecule has 2 unspecified atom stereocenters. The number of non-ortho nitro benzene ring substituents is 1. The highest BCUT2D eigenvalue weighted by atomic mass is 16.6. The van der Waals surface area contributed by atoms with Crippen LogP contribution in [0.5, 0.6) is 5.75 Å². The van der Waals surface area contributed by atoms with Gasteiger partial charge in [-0.25, -0.2) is 0 Å². The van der Waals surface area contributed by atoms with Crippen molar-refractivity contribution in [2.75, 3.05) is 0 Å². The molecule has 2 rings (SSSR count).